The van der Waals surface area contributed by atoms with Gasteiger partial charge >= 0.3 is 0 Å². The predicted octanol–water partition coefficient (Wildman–Crippen LogP) is 5.45. The molecule has 2 saturated heterocycles. The molecule has 10 atom stereocenters. The fraction of sp³-hybridized carbons (Fsp3) is 0.909. The lowest BCUT2D eigenvalue weighted by Crippen LogP contribution is -2.62. The molecular weight excluding hydrogens is 508 g/mol. The van der Waals surface area contributed by atoms with Crippen molar-refractivity contribution in [2.24, 2.45) is 28.6 Å². The van der Waals surface area contributed by atoms with Crippen LogP contribution in [0, 0.1) is 28.6 Å². The molecule has 7 heteroatoms. The van der Waals surface area contributed by atoms with Crippen LogP contribution in [0.3, 0.4) is 0 Å². The Kier molecular flexibility index (Phi) is 6.31. The van der Waals surface area contributed by atoms with Crippen LogP contribution in [-0.2, 0) is 23.7 Å². The van der Waals surface area contributed by atoms with E-state index in [0.29, 0.717) is 25.7 Å². The first-order chi connectivity index (χ1) is 18.2. The summed E-state index contributed by atoms with van der Waals surface area (Å²) < 4.78 is 25.8. The Morgan fingerprint density at radius 3 is 2.27 bits per heavy atom. The lowest BCUT2D eigenvalue weighted by Gasteiger charge is -2.60. The summed E-state index contributed by atoms with van der Waals surface area (Å²) in [7, 11) is 0. The van der Waals surface area contributed by atoms with E-state index < -0.39 is 33.8 Å². The zero-order chi connectivity index (χ0) is 29.3. The van der Waals surface area contributed by atoms with Crippen molar-refractivity contribution in [2.75, 3.05) is 0 Å². The quantitative estimate of drug-likeness (QED) is 0.472. The van der Waals surface area contributed by atoms with Crippen LogP contribution in [0.4, 0.5) is 0 Å². The summed E-state index contributed by atoms with van der Waals surface area (Å²) in [6, 6.07) is 0. The van der Waals surface area contributed by atoms with Crippen molar-refractivity contribution in [1.29, 1.82) is 0 Å². The van der Waals surface area contributed by atoms with Crippen molar-refractivity contribution in [3.63, 3.8) is 0 Å². The first-order valence-corrected chi connectivity index (χ1v) is 15.7. The maximum absolute atomic E-state index is 13.8. The molecule has 0 aromatic carbocycles. The molecule has 5 fully saturated rings. The molecule has 3 saturated carbocycles. The van der Waals surface area contributed by atoms with Gasteiger partial charge in [0, 0.05) is 11.3 Å². The van der Waals surface area contributed by atoms with E-state index in [-0.39, 0.29) is 47.3 Å². The highest BCUT2D eigenvalue weighted by atomic mass is 16.8. The van der Waals surface area contributed by atoms with Gasteiger partial charge in [-0.15, -0.1) is 0 Å². The highest BCUT2D eigenvalue weighted by molar-refractivity contribution is 5.95. The Morgan fingerprint density at radius 2 is 1.60 bits per heavy atom. The zero-order valence-corrected chi connectivity index (χ0v) is 26.1. The number of fused-ring (bicyclic) bond motifs is 6. The van der Waals surface area contributed by atoms with Crippen molar-refractivity contribution in [1.82, 2.24) is 0 Å². The van der Waals surface area contributed by atoms with Crippen LogP contribution in [0.1, 0.15) is 114 Å². The molecule has 2 aliphatic heterocycles. The summed E-state index contributed by atoms with van der Waals surface area (Å²) in [6.07, 6.45) is 7.51. The molecule has 0 spiro atoms. The minimum atomic E-state index is -1.08. The van der Waals surface area contributed by atoms with E-state index in [1.165, 1.54) is 0 Å². The van der Waals surface area contributed by atoms with Gasteiger partial charge in [-0.3, -0.25) is 4.79 Å². The summed E-state index contributed by atoms with van der Waals surface area (Å²) in [5.74, 6) is -1.17. The van der Waals surface area contributed by atoms with Crippen LogP contribution >= 0.6 is 0 Å². The Morgan fingerprint density at radius 1 is 0.925 bits per heavy atom. The van der Waals surface area contributed by atoms with Gasteiger partial charge in [0.15, 0.2) is 17.4 Å². The average Bonchev–Trinajstić information content (AvgIpc) is 3.34. The van der Waals surface area contributed by atoms with E-state index in [1.54, 1.807) is 0 Å². The molecule has 0 radical (unpaired) electrons. The third kappa shape index (κ3) is 4.16. The largest absolute Gasteiger partial charge is 0.390 e. The molecule has 6 rings (SSSR count). The van der Waals surface area contributed by atoms with Gasteiger partial charge in [0.05, 0.1) is 35.1 Å². The molecule has 2 N–H and O–H groups in total. The summed E-state index contributed by atoms with van der Waals surface area (Å²) in [6.45, 7) is 18.2. The first kappa shape index (κ1) is 29.3. The van der Waals surface area contributed by atoms with Crippen LogP contribution in [0.5, 0.6) is 0 Å². The molecule has 0 amide bonds. The molecule has 0 aromatic rings. The van der Waals surface area contributed by atoms with Gasteiger partial charge in [0.2, 0.25) is 0 Å². The fourth-order valence-corrected chi connectivity index (χ4v) is 10.5. The number of carbonyl (C=O) groups is 1. The van der Waals surface area contributed by atoms with Crippen LogP contribution in [-0.4, -0.2) is 62.7 Å². The molecule has 0 bridgehead atoms. The number of hydrogen-bond donors (Lipinski definition) is 2. The maximum Gasteiger partial charge on any atom is 0.164 e. The van der Waals surface area contributed by atoms with Crippen molar-refractivity contribution in [3.8, 4) is 0 Å². The molecule has 4 aliphatic carbocycles. The molecule has 3 unspecified atom stereocenters. The van der Waals surface area contributed by atoms with Crippen molar-refractivity contribution in [3.05, 3.63) is 11.6 Å². The average molecular weight is 561 g/mol. The monoisotopic (exact) mass is 560 g/mol. The van der Waals surface area contributed by atoms with E-state index >= 15 is 0 Å². The second-order valence-electron chi connectivity index (χ2n) is 16.3. The Balaban J connectivity index is 1.33. The van der Waals surface area contributed by atoms with Crippen LogP contribution in [0.15, 0.2) is 11.6 Å². The van der Waals surface area contributed by atoms with E-state index in [2.05, 4.69) is 20.8 Å². The van der Waals surface area contributed by atoms with E-state index in [0.717, 1.165) is 31.3 Å². The summed E-state index contributed by atoms with van der Waals surface area (Å²) in [5.41, 5.74) is -2.28. The topological polar surface area (TPSA) is 94.5 Å². The fourth-order valence-electron chi connectivity index (χ4n) is 10.5. The molecular formula is C33H52O7. The van der Waals surface area contributed by atoms with Crippen molar-refractivity contribution >= 4 is 5.78 Å². The van der Waals surface area contributed by atoms with E-state index in [1.807, 2.05) is 47.6 Å². The summed E-state index contributed by atoms with van der Waals surface area (Å²) >= 11 is 0. The highest BCUT2D eigenvalue weighted by Crippen LogP contribution is 2.70. The smallest absolute Gasteiger partial charge is 0.164 e. The molecule has 40 heavy (non-hydrogen) atoms. The van der Waals surface area contributed by atoms with Crippen molar-refractivity contribution in [2.45, 2.75) is 160 Å². The lowest BCUT2D eigenvalue weighted by molar-refractivity contribution is -0.190. The Bertz CT molecular complexity index is 1100. The van der Waals surface area contributed by atoms with Gasteiger partial charge in [-0.05, 0) is 129 Å². The van der Waals surface area contributed by atoms with Crippen LogP contribution in [0.2, 0.25) is 0 Å². The summed E-state index contributed by atoms with van der Waals surface area (Å²) in [5, 5.41) is 23.3. The third-order valence-electron chi connectivity index (χ3n) is 12.2. The molecule has 0 aromatic heterocycles. The first-order valence-electron chi connectivity index (χ1n) is 15.7. The van der Waals surface area contributed by atoms with E-state index in [9.17, 15) is 15.0 Å². The minimum absolute atomic E-state index is 0.0237. The Hall–Kier alpha value is -0.830. The number of ketones is 1. The van der Waals surface area contributed by atoms with Gasteiger partial charge < -0.3 is 29.2 Å². The van der Waals surface area contributed by atoms with Crippen LogP contribution in [0.25, 0.3) is 0 Å². The summed E-state index contributed by atoms with van der Waals surface area (Å²) in [4.78, 5) is 13.8. The van der Waals surface area contributed by atoms with E-state index in [4.69, 9.17) is 18.9 Å². The van der Waals surface area contributed by atoms with Crippen LogP contribution < -0.4 is 0 Å². The van der Waals surface area contributed by atoms with Gasteiger partial charge in [-0.1, -0.05) is 13.8 Å². The highest BCUT2D eigenvalue weighted by Gasteiger charge is 2.71. The van der Waals surface area contributed by atoms with Gasteiger partial charge in [-0.2, -0.15) is 0 Å². The molecule has 2 heterocycles. The molecule has 7 nitrogen and oxygen atoms in total. The number of hydrogen-bond acceptors (Lipinski definition) is 7. The normalized spacial score (nSPS) is 51.1. The number of rotatable bonds is 4. The standard InChI is InChI=1S/C33H52O7/c1-27(2,35)13-12-26-32(9,40-29(5,6)39-26)25-11-15-33(36)20-16-22(34)21-17-23-24(38-28(3,4)37-23)18-30(21,7)19(20)10-14-31(25,33)8/h16,19,21,23-26,35-36H,10-15,17-18H2,1-9H3/t19-,21-,23?,24?,25-,26?,30+,31+,32+,33+/m0/s1. The van der Waals surface area contributed by atoms with Crippen molar-refractivity contribution < 1.29 is 34.0 Å². The van der Waals surface area contributed by atoms with Gasteiger partial charge in [0.25, 0.3) is 0 Å². The second-order valence-corrected chi connectivity index (χ2v) is 16.3. The number of ether oxygens (including phenoxy) is 4. The predicted molar refractivity (Wildman–Crippen MR) is 150 cm³/mol. The Labute approximate surface area is 240 Å². The number of aliphatic hydroxyl groups is 2. The molecule has 226 valence electrons. The lowest BCUT2D eigenvalue weighted by atomic mass is 9.45. The third-order valence-corrected chi connectivity index (χ3v) is 12.2. The molecule has 6 aliphatic rings. The zero-order valence-electron chi connectivity index (χ0n) is 26.1. The number of carbonyl (C=O) groups excluding carboxylic acids is 1. The SMILES string of the molecule is CC(C)(O)CCC1OC(C)(C)O[C@]1(C)[C@H]1CC[C@@]2(O)C3=CC(=O)[C@@H]4CC5OC(C)(C)OC5C[C@]4(C)[C@H]3CC[C@]12C. The number of allylic oxidation sites excluding steroid dienone is 1. The second kappa shape index (κ2) is 8.63. The minimum Gasteiger partial charge on any atom is -0.390 e. The van der Waals surface area contributed by atoms with Gasteiger partial charge in [-0.25, -0.2) is 0 Å². The maximum atomic E-state index is 13.8. The van der Waals surface area contributed by atoms with Gasteiger partial charge in [0.1, 0.15) is 0 Å².